The topological polar surface area (TPSA) is 52.2 Å². The molecule has 2 saturated carbocycles. The second-order valence-corrected chi connectivity index (χ2v) is 6.14. The Morgan fingerprint density at radius 3 is 2.60 bits per heavy atom. The summed E-state index contributed by atoms with van der Waals surface area (Å²) < 4.78 is 6.39. The molecule has 0 N–H and O–H groups in total. The summed E-state index contributed by atoms with van der Waals surface area (Å²) in [6, 6.07) is 7.11. The summed E-state index contributed by atoms with van der Waals surface area (Å²) in [5.41, 5.74) is 1.07. The molecule has 1 aromatic carbocycles. The standard InChI is InChI=1S/C16H13NO3/c18-15(14-12-8-5-6-9(7-8)13(12)14)17-10-3-1-2-4-11(10)20-16(17)19/h1-6,8-9,12-14H,7H2/t8-,9+,12-,13+,14?. The van der Waals surface area contributed by atoms with Gasteiger partial charge >= 0.3 is 5.76 Å². The van der Waals surface area contributed by atoms with Crippen molar-refractivity contribution in [1.82, 2.24) is 4.57 Å². The van der Waals surface area contributed by atoms with Gasteiger partial charge in [-0.1, -0.05) is 24.3 Å². The zero-order chi connectivity index (χ0) is 13.4. The number of aromatic nitrogens is 1. The molecule has 0 aliphatic heterocycles. The van der Waals surface area contributed by atoms with Gasteiger partial charge in [-0.2, -0.15) is 0 Å². The molecule has 1 unspecified atom stereocenters. The van der Waals surface area contributed by atoms with Crippen LogP contribution in [-0.4, -0.2) is 10.5 Å². The molecule has 5 atom stereocenters. The highest BCUT2D eigenvalue weighted by molar-refractivity contribution is 5.92. The lowest BCUT2D eigenvalue weighted by atomic mass is 10.0. The molecule has 2 bridgehead atoms. The van der Waals surface area contributed by atoms with E-state index in [2.05, 4.69) is 12.2 Å². The summed E-state index contributed by atoms with van der Waals surface area (Å²) >= 11 is 0. The number of fused-ring (bicyclic) bond motifs is 6. The molecule has 3 aliphatic carbocycles. The molecular weight excluding hydrogens is 254 g/mol. The van der Waals surface area contributed by atoms with Crippen LogP contribution in [0.5, 0.6) is 0 Å². The average molecular weight is 267 g/mol. The van der Waals surface area contributed by atoms with E-state index in [0.717, 1.165) is 0 Å². The van der Waals surface area contributed by atoms with Crippen LogP contribution in [0.3, 0.4) is 0 Å². The molecule has 5 rings (SSSR count). The van der Waals surface area contributed by atoms with Crippen LogP contribution in [0.1, 0.15) is 11.2 Å². The van der Waals surface area contributed by atoms with Gasteiger partial charge in [-0.05, 0) is 42.2 Å². The SMILES string of the molecule is O=C(C1[C@@H]2[C@H]1[C@@H]1C=C[C@H]2C1)n1c(=O)oc2ccccc21. The summed E-state index contributed by atoms with van der Waals surface area (Å²) in [6.07, 6.45) is 5.69. The molecule has 0 saturated heterocycles. The Morgan fingerprint density at radius 1 is 1.15 bits per heavy atom. The van der Waals surface area contributed by atoms with E-state index in [1.807, 2.05) is 6.07 Å². The van der Waals surface area contributed by atoms with E-state index in [1.54, 1.807) is 18.2 Å². The molecule has 20 heavy (non-hydrogen) atoms. The number of oxazole rings is 1. The lowest BCUT2D eigenvalue weighted by Gasteiger charge is -2.08. The van der Waals surface area contributed by atoms with Gasteiger partial charge in [0.2, 0.25) is 5.91 Å². The quantitative estimate of drug-likeness (QED) is 0.745. The van der Waals surface area contributed by atoms with Crippen molar-refractivity contribution in [2.45, 2.75) is 6.42 Å². The molecule has 100 valence electrons. The number of carbonyl (C=O) groups is 1. The highest BCUT2D eigenvalue weighted by atomic mass is 16.4. The summed E-state index contributed by atoms with van der Waals surface area (Å²) in [7, 11) is 0. The molecular formula is C16H13NO3. The van der Waals surface area contributed by atoms with Gasteiger partial charge in [0.05, 0.1) is 5.52 Å². The fourth-order valence-electron chi connectivity index (χ4n) is 4.44. The van der Waals surface area contributed by atoms with Crippen LogP contribution >= 0.6 is 0 Å². The number of hydrogen-bond donors (Lipinski definition) is 0. The number of nitrogens with zero attached hydrogens (tertiary/aromatic N) is 1. The normalized spacial score (nSPS) is 36.5. The smallest absolute Gasteiger partial charge is 0.407 e. The zero-order valence-corrected chi connectivity index (χ0v) is 10.7. The van der Waals surface area contributed by atoms with E-state index in [-0.39, 0.29) is 11.8 Å². The Labute approximate surface area is 114 Å². The van der Waals surface area contributed by atoms with Crippen molar-refractivity contribution >= 4 is 17.0 Å². The first-order valence-corrected chi connectivity index (χ1v) is 7.09. The summed E-state index contributed by atoms with van der Waals surface area (Å²) in [5.74, 6) is 1.39. The molecule has 0 radical (unpaired) electrons. The van der Waals surface area contributed by atoms with Crippen molar-refractivity contribution in [3.05, 3.63) is 47.0 Å². The maximum Gasteiger partial charge on any atom is 0.426 e. The van der Waals surface area contributed by atoms with Crippen molar-refractivity contribution in [2.75, 3.05) is 0 Å². The molecule has 1 aromatic heterocycles. The third-order valence-corrected chi connectivity index (χ3v) is 5.26. The third-order valence-electron chi connectivity index (χ3n) is 5.26. The van der Waals surface area contributed by atoms with Crippen molar-refractivity contribution in [3.8, 4) is 0 Å². The minimum absolute atomic E-state index is 0.00690. The van der Waals surface area contributed by atoms with E-state index in [0.29, 0.717) is 34.8 Å². The van der Waals surface area contributed by atoms with Crippen LogP contribution in [-0.2, 0) is 0 Å². The van der Waals surface area contributed by atoms with Crippen LogP contribution in [0.15, 0.2) is 45.6 Å². The fraction of sp³-hybridized carbons (Fsp3) is 0.375. The fourth-order valence-corrected chi connectivity index (χ4v) is 4.44. The third kappa shape index (κ3) is 1.13. The molecule has 3 aliphatic rings. The molecule has 1 heterocycles. The lowest BCUT2D eigenvalue weighted by Crippen LogP contribution is -2.26. The van der Waals surface area contributed by atoms with Gasteiger partial charge in [0.1, 0.15) is 0 Å². The van der Waals surface area contributed by atoms with Crippen LogP contribution in [0, 0.1) is 29.6 Å². The Hall–Kier alpha value is -2.10. The zero-order valence-electron chi connectivity index (χ0n) is 10.7. The van der Waals surface area contributed by atoms with Gasteiger partial charge in [0, 0.05) is 5.92 Å². The van der Waals surface area contributed by atoms with Crippen LogP contribution in [0.4, 0.5) is 0 Å². The number of benzene rings is 1. The minimum atomic E-state index is -0.554. The monoisotopic (exact) mass is 267 g/mol. The van der Waals surface area contributed by atoms with Crippen molar-refractivity contribution < 1.29 is 9.21 Å². The summed E-state index contributed by atoms with van der Waals surface area (Å²) in [4.78, 5) is 24.7. The number of hydrogen-bond acceptors (Lipinski definition) is 3. The van der Waals surface area contributed by atoms with E-state index in [1.165, 1.54) is 11.0 Å². The first kappa shape index (κ1) is 10.7. The number of allylic oxidation sites excluding steroid dienone is 2. The Bertz CT molecular complexity index is 810. The van der Waals surface area contributed by atoms with Crippen LogP contribution in [0.2, 0.25) is 0 Å². The number of para-hydroxylation sites is 2. The highest BCUT2D eigenvalue weighted by Crippen LogP contribution is 2.67. The molecule has 2 aromatic rings. The molecule has 4 heteroatoms. The van der Waals surface area contributed by atoms with Gasteiger partial charge in [0.15, 0.2) is 5.58 Å². The van der Waals surface area contributed by atoms with E-state index in [4.69, 9.17) is 4.42 Å². The summed E-state index contributed by atoms with van der Waals surface area (Å²) in [5, 5.41) is 0. The first-order chi connectivity index (χ1) is 9.75. The number of rotatable bonds is 1. The maximum atomic E-state index is 12.7. The van der Waals surface area contributed by atoms with Gasteiger partial charge in [-0.15, -0.1) is 0 Å². The van der Waals surface area contributed by atoms with Gasteiger partial charge in [-0.3, -0.25) is 4.79 Å². The summed E-state index contributed by atoms with van der Waals surface area (Å²) in [6.45, 7) is 0. The van der Waals surface area contributed by atoms with Crippen LogP contribution in [0.25, 0.3) is 11.1 Å². The largest absolute Gasteiger partial charge is 0.426 e. The Kier molecular flexibility index (Phi) is 1.77. The maximum absolute atomic E-state index is 12.7. The van der Waals surface area contributed by atoms with Gasteiger partial charge < -0.3 is 4.42 Å². The van der Waals surface area contributed by atoms with Crippen LogP contribution < -0.4 is 5.76 Å². The number of carbonyl (C=O) groups excluding carboxylic acids is 1. The van der Waals surface area contributed by atoms with E-state index >= 15 is 0 Å². The van der Waals surface area contributed by atoms with Crippen molar-refractivity contribution in [1.29, 1.82) is 0 Å². The van der Waals surface area contributed by atoms with Crippen molar-refractivity contribution in [3.63, 3.8) is 0 Å². The van der Waals surface area contributed by atoms with Gasteiger partial charge in [0.25, 0.3) is 0 Å². The predicted molar refractivity (Wildman–Crippen MR) is 72.3 cm³/mol. The highest BCUT2D eigenvalue weighted by Gasteiger charge is 2.66. The minimum Gasteiger partial charge on any atom is -0.407 e. The van der Waals surface area contributed by atoms with E-state index < -0.39 is 5.76 Å². The Balaban J connectivity index is 1.59. The van der Waals surface area contributed by atoms with Gasteiger partial charge in [-0.25, -0.2) is 9.36 Å². The molecule has 0 spiro atoms. The second-order valence-electron chi connectivity index (χ2n) is 6.14. The molecule has 4 nitrogen and oxygen atoms in total. The van der Waals surface area contributed by atoms with Crippen molar-refractivity contribution in [2.24, 2.45) is 29.6 Å². The van der Waals surface area contributed by atoms with E-state index in [9.17, 15) is 9.59 Å². The average Bonchev–Trinajstić information content (AvgIpc) is 2.76. The second kappa shape index (κ2) is 3.32. The lowest BCUT2D eigenvalue weighted by molar-refractivity contribution is 0.0859. The Morgan fingerprint density at radius 2 is 1.85 bits per heavy atom. The molecule has 2 fully saturated rings. The molecule has 0 amide bonds. The first-order valence-electron chi connectivity index (χ1n) is 7.09. The predicted octanol–water partition coefficient (Wildman–Crippen LogP) is 2.30.